The first-order valence-electron chi connectivity index (χ1n) is 5.77. The van der Waals surface area contributed by atoms with Crippen LogP contribution in [-0.4, -0.2) is 5.33 Å². The van der Waals surface area contributed by atoms with E-state index in [1.165, 1.54) is 50.3 Å². The molecule has 0 radical (unpaired) electrons. The smallest absolute Gasteiger partial charge is 0.00313 e. The van der Waals surface area contributed by atoms with Crippen molar-refractivity contribution in [1.82, 2.24) is 0 Å². The molecule has 0 aromatic heterocycles. The van der Waals surface area contributed by atoms with Crippen LogP contribution in [0.25, 0.3) is 0 Å². The lowest BCUT2D eigenvalue weighted by Crippen LogP contribution is -2.34. The van der Waals surface area contributed by atoms with Crippen LogP contribution in [0.4, 0.5) is 0 Å². The second kappa shape index (κ2) is 5.38. The molecule has 0 nitrogen and oxygen atoms in total. The molecule has 1 saturated carbocycles. The van der Waals surface area contributed by atoms with Crippen molar-refractivity contribution in [2.24, 2.45) is 11.3 Å². The third-order valence-electron chi connectivity index (χ3n) is 3.88. The molecule has 0 amide bonds. The van der Waals surface area contributed by atoms with Gasteiger partial charge < -0.3 is 0 Å². The molecule has 0 unspecified atom stereocenters. The van der Waals surface area contributed by atoms with E-state index in [1.807, 2.05) is 0 Å². The first kappa shape index (κ1) is 11.6. The minimum Gasteiger partial charge on any atom is -0.0928 e. The van der Waals surface area contributed by atoms with E-state index in [9.17, 15) is 0 Å². The van der Waals surface area contributed by atoms with E-state index in [-0.39, 0.29) is 0 Å². The summed E-state index contributed by atoms with van der Waals surface area (Å²) in [4.78, 5) is 0. The van der Waals surface area contributed by atoms with Gasteiger partial charge in [-0.3, -0.25) is 0 Å². The quantitative estimate of drug-likeness (QED) is 0.468. The summed E-state index contributed by atoms with van der Waals surface area (Å²) in [6, 6.07) is 0. The average Bonchev–Trinajstić information content (AvgIpc) is 2.01. The van der Waals surface area contributed by atoms with E-state index in [2.05, 4.69) is 29.8 Å². The second-order valence-corrected chi connectivity index (χ2v) is 5.66. The topological polar surface area (TPSA) is 0 Å². The molecular formula is C12H23Br. The Balaban J connectivity index is 2.17. The molecule has 13 heavy (non-hydrogen) atoms. The first-order valence-corrected chi connectivity index (χ1v) is 6.89. The summed E-state index contributed by atoms with van der Waals surface area (Å²) in [6.45, 7) is 4.81. The third-order valence-corrected chi connectivity index (χ3v) is 4.44. The van der Waals surface area contributed by atoms with Crippen molar-refractivity contribution >= 4 is 15.9 Å². The Labute approximate surface area is 91.6 Å². The van der Waals surface area contributed by atoms with Crippen LogP contribution in [0.1, 0.15) is 58.8 Å². The third kappa shape index (κ3) is 2.97. The maximum Gasteiger partial charge on any atom is 0.00313 e. The highest BCUT2D eigenvalue weighted by Crippen LogP contribution is 2.50. The van der Waals surface area contributed by atoms with Gasteiger partial charge >= 0.3 is 0 Å². The van der Waals surface area contributed by atoms with Crippen LogP contribution in [0, 0.1) is 11.3 Å². The van der Waals surface area contributed by atoms with Gasteiger partial charge in [-0.25, -0.2) is 0 Å². The zero-order valence-corrected chi connectivity index (χ0v) is 10.7. The number of halogens is 1. The molecule has 0 atom stereocenters. The molecule has 0 N–H and O–H groups in total. The highest BCUT2D eigenvalue weighted by Gasteiger charge is 2.38. The molecule has 1 rings (SSSR count). The van der Waals surface area contributed by atoms with Gasteiger partial charge in [-0.15, -0.1) is 0 Å². The van der Waals surface area contributed by atoms with E-state index in [0.717, 1.165) is 11.3 Å². The summed E-state index contributed by atoms with van der Waals surface area (Å²) in [5, 5.41) is 1.18. The van der Waals surface area contributed by atoms with Gasteiger partial charge in [-0.1, -0.05) is 49.0 Å². The van der Waals surface area contributed by atoms with Gasteiger partial charge in [0.1, 0.15) is 0 Å². The highest BCUT2D eigenvalue weighted by atomic mass is 79.9. The van der Waals surface area contributed by atoms with Crippen LogP contribution in [0.3, 0.4) is 0 Å². The van der Waals surface area contributed by atoms with Crippen molar-refractivity contribution in [2.75, 3.05) is 5.33 Å². The maximum absolute atomic E-state index is 3.49. The van der Waals surface area contributed by atoms with E-state index in [4.69, 9.17) is 0 Å². The van der Waals surface area contributed by atoms with E-state index in [1.54, 1.807) is 0 Å². The number of hydrogen-bond acceptors (Lipinski definition) is 0. The highest BCUT2D eigenvalue weighted by molar-refractivity contribution is 9.09. The van der Waals surface area contributed by atoms with Crippen LogP contribution in [0.15, 0.2) is 0 Å². The van der Waals surface area contributed by atoms with E-state index in [0.29, 0.717) is 0 Å². The van der Waals surface area contributed by atoms with Gasteiger partial charge in [0.05, 0.1) is 0 Å². The Morgan fingerprint density at radius 2 is 1.85 bits per heavy atom. The van der Waals surface area contributed by atoms with Crippen LogP contribution in [0.2, 0.25) is 0 Å². The predicted octanol–water partition coefficient (Wildman–Crippen LogP) is 4.77. The largest absolute Gasteiger partial charge is 0.0928 e. The average molecular weight is 247 g/mol. The number of rotatable bonds is 6. The Bertz CT molecular complexity index is 136. The normalized spacial score (nSPS) is 20.3. The maximum atomic E-state index is 3.49. The molecule has 78 valence electrons. The fourth-order valence-electron chi connectivity index (χ4n) is 2.50. The second-order valence-electron chi connectivity index (χ2n) is 4.87. The Morgan fingerprint density at radius 1 is 1.15 bits per heavy atom. The molecule has 0 aliphatic heterocycles. The fraction of sp³-hybridized carbons (Fsp3) is 1.00. The molecule has 0 heterocycles. The van der Waals surface area contributed by atoms with Gasteiger partial charge in [0.15, 0.2) is 0 Å². The van der Waals surface area contributed by atoms with Crippen molar-refractivity contribution in [3.05, 3.63) is 0 Å². The fourth-order valence-corrected chi connectivity index (χ4v) is 2.89. The molecule has 1 aliphatic rings. The van der Waals surface area contributed by atoms with Crippen molar-refractivity contribution in [3.63, 3.8) is 0 Å². The lowest BCUT2D eigenvalue weighted by molar-refractivity contribution is 0.0542. The van der Waals surface area contributed by atoms with Crippen molar-refractivity contribution < 1.29 is 0 Å². The van der Waals surface area contributed by atoms with Gasteiger partial charge in [0.2, 0.25) is 0 Å². The summed E-state index contributed by atoms with van der Waals surface area (Å²) in [7, 11) is 0. The zero-order valence-electron chi connectivity index (χ0n) is 9.11. The van der Waals surface area contributed by atoms with Gasteiger partial charge in [0, 0.05) is 5.33 Å². The van der Waals surface area contributed by atoms with Gasteiger partial charge in [0.25, 0.3) is 0 Å². The van der Waals surface area contributed by atoms with Crippen LogP contribution < -0.4 is 0 Å². The first-order chi connectivity index (χ1) is 6.21. The standard InChI is InChI=1S/C12H23Br/c1-11(2)12(8-6-9-12)7-4-3-5-10-13/h11H,3-10H2,1-2H3. The van der Waals surface area contributed by atoms with Gasteiger partial charge in [-0.2, -0.15) is 0 Å². The summed E-state index contributed by atoms with van der Waals surface area (Å²) in [5.74, 6) is 0.908. The Hall–Kier alpha value is 0.480. The lowest BCUT2D eigenvalue weighted by Gasteiger charge is -2.46. The number of unbranched alkanes of at least 4 members (excludes halogenated alkanes) is 2. The van der Waals surface area contributed by atoms with E-state index >= 15 is 0 Å². The van der Waals surface area contributed by atoms with Crippen LogP contribution in [-0.2, 0) is 0 Å². The molecule has 0 saturated heterocycles. The minimum atomic E-state index is 0.756. The molecule has 0 bridgehead atoms. The Kier molecular flexibility index (Phi) is 4.78. The molecule has 0 aromatic rings. The number of hydrogen-bond donors (Lipinski definition) is 0. The van der Waals surface area contributed by atoms with Crippen LogP contribution >= 0.6 is 15.9 Å². The Morgan fingerprint density at radius 3 is 2.23 bits per heavy atom. The molecule has 1 heteroatoms. The molecule has 1 fully saturated rings. The van der Waals surface area contributed by atoms with Gasteiger partial charge in [-0.05, 0) is 37.0 Å². The molecule has 1 aliphatic carbocycles. The zero-order chi connectivity index (χ0) is 9.73. The minimum absolute atomic E-state index is 0.756. The summed E-state index contributed by atoms with van der Waals surface area (Å²) < 4.78 is 0. The van der Waals surface area contributed by atoms with Crippen molar-refractivity contribution in [2.45, 2.75) is 58.8 Å². The predicted molar refractivity (Wildman–Crippen MR) is 63.4 cm³/mol. The number of alkyl halides is 1. The molecule has 0 aromatic carbocycles. The summed E-state index contributed by atoms with van der Waals surface area (Å²) in [6.07, 6.45) is 10.2. The molecule has 0 spiro atoms. The van der Waals surface area contributed by atoms with E-state index < -0.39 is 0 Å². The molecular weight excluding hydrogens is 224 g/mol. The lowest BCUT2D eigenvalue weighted by atomic mass is 9.60. The summed E-state index contributed by atoms with van der Waals surface area (Å²) in [5.41, 5.74) is 0.756. The van der Waals surface area contributed by atoms with Crippen molar-refractivity contribution in [3.8, 4) is 0 Å². The monoisotopic (exact) mass is 246 g/mol. The van der Waals surface area contributed by atoms with Crippen LogP contribution in [0.5, 0.6) is 0 Å². The SMILES string of the molecule is CC(C)C1(CCCCCBr)CCC1. The van der Waals surface area contributed by atoms with Crippen molar-refractivity contribution in [1.29, 1.82) is 0 Å². The summed E-state index contributed by atoms with van der Waals surface area (Å²) >= 11 is 3.49.